The Morgan fingerprint density at radius 2 is 1.63 bits per heavy atom. The number of hydrogen-bond acceptors (Lipinski definition) is 5. The molecular weight excluding hydrogens is 566 g/mol. The molecule has 0 atom stereocenters. The van der Waals surface area contributed by atoms with Crippen LogP contribution in [0.5, 0.6) is 5.75 Å². The van der Waals surface area contributed by atoms with Gasteiger partial charge >= 0.3 is 5.97 Å². The number of fused-ring (bicyclic) bond motifs is 1. The molecule has 5 rings (SSSR count). The van der Waals surface area contributed by atoms with E-state index in [0.717, 1.165) is 15.4 Å². The van der Waals surface area contributed by atoms with Gasteiger partial charge in [0.05, 0.1) is 33.6 Å². The Bertz CT molecular complexity index is 1690. The van der Waals surface area contributed by atoms with Crippen molar-refractivity contribution in [2.45, 2.75) is 0 Å². The van der Waals surface area contributed by atoms with Gasteiger partial charge in [0.25, 0.3) is 5.91 Å². The number of para-hydroxylation sites is 1. The van der Waals surface area contributed by atoms with Crippen LogP contribution in [-0.2, 0) is 0 Å². The number of nitrogens with one attached hydrogen (secondary N) is 1. The first-order chi connectivity index (χ1) is 18.5. The van der Waals surface area contributed by atoms with Crippen LogP contribution < -0.4 is 10.2 Å². The summed E-state index contributed by atoms with van der Waals surface area (Å²) in [5, 5.41) is 5.15. The van der Waals surface area contributed by atoms with Gasteiger partial charge in [-0.3, -0.25) is 4.79 Å². The molecule has 1 N–H and O–H groups in total. The van der Waals surface area contributed by atoms with Crippen LogP contribution in [0.15, 0.2) is 113 Å². The van der Waals surface area contributed by atoms with Crippen molar-refractivity contribution in [3.8, 4) is 17.0 Å². The van der Waals surface area contributed by atoms with Crippen molar-refractivity contribution < 1.29 is 14.3 Å². The molecule has 0 aliphatic carbocycles. The third kappa shape index (κ3) is 5.80. The molecule has 4 aromatic carbocycles. The summed E-state index contributed by atoms with van der Waals surface area (Å²) in [5.41, 5.74) is 6.21. The van der Waals surface area contributed by atoms with E-state index in [9.17, 15) is 9.59 Å². The molecule has 38 heavy (non-hydrogen) atoms. The highest BCUT2D eigenvalue weighted by Crippen LogP contribution is 2.26. The second-order valence-corrected chi connectivity index (χ2v) is 9.54. The predicted octanol–water partition coefficient (Wildman–Crippen LogP) is 7.30. The summed E-state index contributed by atoms with van der Waals surface area (Å²) in [6.45, 7) is 0. The lowest BCUT2D eigenvalue weighted by Crippen LogP contribution is -2.18. The van der Waals surface area contributed by atoms with Gasteiger partial charge in [0.2, 0.25) is 0 Å². The molecule has 0 saturated carbocycles. The van der Waals surface area contributed by atoms with E-state index >= 15 is 0 Å². The highest BCUT2D eigenvalue weighted by molar-refractivity contribution is 9.10. The van der Waals surface area contributed by atoms with Crippen molar-refractivity contribution in [2.24, 2.45) is 5.10 Å². The molecule has 8 heteroatoms. The monoisotopic (exact) mass is 583 g/mol. The molecule has 1 heterocycles. The molecule has 0 fully saturated rings. The van der Waals surface area contributed by atoms with Gasteiger partial charge in [0.15, 0.2) is 0 Å². The number of ether oxygens (including phenoxy) is 1. The third-order valence-corrected chi connectivity index (χ3v) is 6.50. The zero-order chi connectivity index (χ0) is 26.5. The zero-order valence-electron chi connectivity index (χ0n) is 19.8. The van der Waals surface area contributed by atoms with Crippen molar-refractivity contribution in [1.82, 2.24) is 10.4 Å². The maximum absolute atomic E-state index is 13.1. The van der Waals surface area contributed by atoms with E-state index in [2.05, 4.69) is 26.5 Å². The van der Waals surface area contributed by atoms with Crippen LogP contribution in [0.4, 0.5) is 0 Å². The Morgan fingerprint density at radius 1 is 0.868 bits per heavy atom. The predicted molar refractivity (Wildman–Crippen MR) is 153 cm³/mol. The Balaban J connectivity index is 1.34. The normalized spacial score (nSPS) is 11.0. The summed E-state index contributed by atoms with van der Waals surface area (Å²) < 4.78 is 6.40. The fourth-order valence-corrected chi connectivity index (χ4v) is 4.28. The lowest BCUT2D eigenvalue weighted by atomic mass is 10.0. The number of carbonyl (C=O) groups excluding carboxylic acids is 2. The van der Waals surface area contributed by atoms with Gasteiger partial charge in [-0.1, -0.05) is 82.1 Å². The molecule has 6 nitrogen and oxygen atoms in total. The number of hydrazone groups is 1. The molecule has 0 unspecified atom stereocenters. The summed E-state index contributed by atoms with van der Waals surface area (Å²) >= 11 is 9.53. The molecule has 0 aliphatic rings. The summed E-state index contributed by atoms with van der Waals surface area (Å²) in [6, 6.07) is 30.4. The molecule has 0 aliphatic heterocycles. The van der Waals surface area contributed by atoms with E-state index in [1.807, 2.05) is 48.5 Å². The summed E-state index contributed by atoms with van der Waals surface area (Å²) in [7, 11) is 0. The van der Waals surface area contributed by atoms with Crippen molar-refractivity contribution in [2.75, 3.05) is 0 Å². The Kier molecular flexibility index (Phi) is 7.58. The number of amides is 1. The van der Waals surface area contributed by atoms with E-state index in [-0.39, 0.29) is 11.5 Å². The van der Waals surface area contributed by atoms with Gasteiger partial charge in [-0.15, -0.1) is 0 Å². The molecule has 186 valence electrons. The van der Waals surface area contributed by atoms with Gasteiger partial charge in [0.1, 0.15) is 5.75 Å². The second-order valence-electron chi connectivity index (χ2n) is 8.22. The SMILES string of the molecule is O=C(Oc1cccc(C=NNC(=O)c2cc(-c3ccc(Br)cc3)nc3ccccc23)c1)c1ccccc1Cl. The number of rotatable bonds is 6. The van der Waals surface area contributed by atoms with Crippen molar-refractivity contribution in [3.05, 3.63) is 129 Å². The summed E-state index contributed by atoms with van der Waals surface area (Å²) in [5.74, 6) is -0.617. The molecule has 1 aromatic heterocycles. The van der Waals surface area contributed by atoms with E-state index in [4.69, 9.17) is 21.3 Å². The minimum absolute atomic E-state index is 0.271. The number of esters is 1. The van der Waals surface area contributed by atoms with Crippen LogP contribution in [0.2, 0.25) is 5.02 Å². The molecule has 0 bridgehead atoms. The van der Waals surface area contributed by atoms with Gasteiger partial charge in [-0.05, 0) is 54.1 Å². The Hall–Kier alpha value is -4.33. The lowest BCUT2D eigenvalue weighted by molar-refractivity contribution is 0.0734. The van der Waals surface area contributed by atoms with Crippen LogP contribution in [0.25, 0.3) is 22.2 Å². The first-order valence-corrected chi connectivity index (χ1v) is 12.7. The van der Waals surface area contributed by atoms with Crippen LogP contribution in [0, 0.1) is 0 Å². The number of pyridine rings is 1. The van der Waals surface area contributed by atoms with Gasteiger partial charge in [0, 0.05) is 15.4 Å². The van der Waals surface area contributed by atoms with Crippen LogP contribution in [0.1, 0.15) is 26.3 Å². The largest absolute Gasteiger partial charge is 0.423 e. The van der Waals surface area contributed by atoms with Crippen LogP contribution >= 0.6 is 27.5 Å². The minimum atomic E-state index is -0.566. The number of halogens is 2. The van der Waals surface area contributed by atoms with E-state index < -0.39 is 5.97 Å². The van der Waals surface area contributed by atoms with E-state index in [1.165, 1.54) is 6.21 Å². The number of carbonyl (C=O) groups is 2. The fraction of sp³-hybridized carbons (Fsp3) is 0. The average molecular weight is 585 g/mol. The Labute approximate surface area is 232 Å². The van der Waals surface area contributed by atoms with E-state index in [0.29, 0.717) is 33.1 Å². The molecule has 1 amide bonds. The van der Waals surface area contributed by atoms with Crippen LogP contribution in [-0.4, -0.2) is 23.1 Å². The highest BCUT2D eigenvalue weighted by atomic mass is 79.9. The van der Waals surface area contributed by atoms with Crippen molar-refractivity contribution in [1.29, 1.82) is 0 Å². The maximum Gasteiger partial charge on any atom is 0.345 e. The summed E-state index contributed by atoms with van der Waals surface area (Å²) in [4.78, 5) is 30.3. The quantitative estimate of drug-likeness (QED) is 0.0983. The van der Waals surface area contributed by atoms with E-state index in [1.54, 1.807) is 54.6 Å². The molecule has 5 aromatic rings. The standard InChI is InChI=1S/C30H19BrClN3O3/c31-21-14-12-20(13-15-21)28-17-25(23-8-2-4-11-27(23)34-28)29(36)35-33-18-19-6-5-7-22(16-19)38-30(37)24-9-1-3-10-26(24)32/h1-18H,(H,35,36). The fourth-order valence-electron chi connectivity index (χ4n) is 3.80. The first-order valence-electron chi connectivity index (χ1n) is 11.5. The summed E-state index contributed by atoms with van der Waals surface area (Å²) in [6.07, 6.45) is 1.48. The molecule has 0 radical (unpaired) electrons. The third-order valence-electron chi connectivity index (χ3n) is 5.64. The second kappa shape index (κ2) is 11.4. The highest BCUT2D eigenvalue weighted by Gasteiger charge is 2.14. The van der Waals surface area contributed by atoms with Crippen molar-refractivity contribution in [3.63, 3.8) is 0 Å². The van der Waals surface area contributed by atoms with Crippen LogP contribution in [0.3, 0.4) is 0 Å². The molecular formula is C30H19BrClN3O3. The van der Waals surface area contributed by atoms with Gasteiger partial charge < -0.3 is 4.74 Å². The topological polar surface area (TPSA) is 80.6 Å². The average Bonchev–Trinajstić information content (AvgIpc) is 2.93. The smallest absolute Gasteiger partial charge is 0.345 e. The number of aromatic nitrogens is 1. The van der Waals surface area contributed by atoms with Crippen molar-refractivity contribution >= 4 is 56.5 Å². The number of benzene rings is 4. The maximum atomic E-state index is 13.1. The molecule has 0 saturated heterocycles. The zero-order valence-corrected chi connectivity index (χ0v) is 22.1. The minimum Gasteiger partial charge on any atom is -0.423 e. The molecule has 0 spiro atoms. The van der Waals surface area contributed by atoms with Gasteiger partial charge in [-0.2, -0.15) is 5.10 Å². The lowest BCUT2D eigenvalue weighted by Gasteiger charge is -2.09. The first kappa shape index (κ1) is 25.3. The number of hydrogen-bond donors (Lipinski definition) is 1. The number of nitrogens with zero attached hydrogens (tertiary/aromatic N) is 2. The van der Waals surface area contributed by atoms with Gasteiger partial charge in [-0.25, -0.2) is 15.2 Å². The Morgan fingerprint density at radius 3 is 2.45 bits per heavy atom.